The molecule has 1 aromatic heterocycles. The summed E-state index contributed by atoms with van der Waals surface area (Å²) < 4.78 is 0. The number of aryl methyl sites for hydroxylation is 1. The van der Waals surface area contributed by atoms with E-state index in [4.69, 9.17) is 5.73 Å². The van der Waals surface area contributed by atoms with Crippen molar-refractivity contribution in [2.24, 2.45) is 5.73 Å². The predicted octanol–water partition coefficient (Wildman–Crippen LogP) is 1.87. The topological polar surface area (TPSA) is 29.3 Å². The Bertz CT molecular complexity index is 255. The molecule has 0 aromatic carbocycles. The van der Waals surface area contributed by atoms with Crippen molar-refractivity contribution in [3.05, 3.63) is 21.9 Å². The third-order valence-corrected chi connectivity index (χ3v) is 3.54. The van der Waals surface area contributed by atoms with Crippen LogP contribution in [0.4, 0.5) is 0 Å². The Morgan fingerprint density at radius 3 is 2.54 bits per heavy atom. The van der Waals surface area contributed by atoms with Crippen LogP contribution in [0.15, 0.2) is 12.1 Å². The van der Waals surface area contributed by atoms with Crippen molar-refractivity contribution >= 4 is 11.3 Å². The van der Waals surface area contributed by atoms with Crippen molar-refractivity contribution < 1.29 is 0 Å². The third kappa shape index (κ3) is 2.53. The van der Waals surface area contributed by atoms with Crippen LogP contribution in [0, 0.1) is 0 Å². The summed E-state index contributed by atoms with van der Waals surface area (Å²) in [5.41, 5.74) is 5.72. The third-order valence-electron chi connectivity index (χ3n) is 2.21. The van der Waals surface area contributed by atoms with Crippen molar-refractivity contribution in [3.63, 3.8) is 0 Å². The average Bonchev–Trinajstić information content (AvgIpc) is 2.53. The van der Waals surface area contributed by atoms with E-state index in [1.165, 1.54) is 9.75 Å². The van der Waals surface area contributed by atoms with Gasteiger partial charge in [0.25, 0.3) is 0 Å². The lowest BCUT2D eigenvalue weighted by Gasteiger charge is -2.20. The molecule has 1 heterocycles. The van der Waals surface area contributed by atoms with Crippen LogP contribution in [0.25, 0.3) is 0 Å². The van der Waals surface area contributed by atoms with Crippen molar-refractivity contribution in [2.45, 2.75) is 19.4 Å². The van der Waals surface area contributed by atoms with E-state index in [0.717, 1.165) is 6.42 Å². The van der Waals surface area contributed by atoms with Gasteiger partial charge in [-0.1, -0.05) is 6.92 Å². The molecule has 0 radical (unpaired) electrons. The summed E-state index contributed by atoms with van der Waals surface area (Å²) in [5.74, 6) is 0. The summed E-state index contributed by atoms with van der Waals surface area (Å²) in [4.78, 5) is 4.99. The lowest BCUT2D eigenvalue weighted by atomic mass is 10.2. The second-order valence-electron chi connectivity index (χ2n) is 3.37. The highest BCUT2D eigenvalue weighted by atomic mass is 32.1. The summed E-state index contributed by atoms with van der Waals surface area (Å²) in [5, 5.41) is 0. The van der Waals surface area contributed by atoms with E-state index in [1.807, 2.05) is 11.3 Å². The second kappa shape index (κ2) is 4.74. The fourth-order valence-corrected chi connectivity index (χ4v) is 2.51. The van der Waals surface area contributed by atoms with Gasteiger partial charge in [-0.05, 0) is 32.6 Å². The Balaban J connectivity index is 2.79. The number of rotatable bonds is 4. The van der Waals surface area contributed by atoms with Crippen LogP contribution in [0.5, 0.6) is 0 Å². The smallest absolute Gasteiger partial charge is 0.0559 e. The summed E-state index contributed by atoms with van der Waals surface area (Å²) in [6.07, 6.45) is 1.12. The van der Waals surface area contributed by atoms with E-state index < -0.39 is 0 Å². The van der Waals surface area contributed by atoms with Gasteiger partial charge in [-0.2, -0.15) is 0 Å². The van der Waals surface area contributed by atoms with Crippen LogP contribution in [-0.2, 0) is 6.42 Å². The first-order valence-corrected chi connectivity index (χ1v) is 5.45. The van der Waals surface area contributed by atoms with Crippen molar-refractivity contribution in [1.82, 2.24) is 4.90 Å². The van der Waals surface area contributed by atoms with Crippen LogP contribution >= 0.6 is 11.3 Å². The lowest BCUT2D eigenvalue weighted by Crippen LogP contribution is -2.26. The van der Waals surface area contributed by atoms with Crippen molar-refractivity contribution in [2.75, 3.05) is 20.6 Å². The molecule has 13 heavy (non-hydrogen) atoms. The maximum atomic E-state index is 5.72. The number of thiophene rings is 1. The molecule has 1 atom stereocenters. The van der Waals surface area contributed by atoms with Crippen molar-refractivity contribution in [3.8, 4) is 0 Å². The maximum absolute atomic E-state index is 5.72. The summed E-state index contributed by atoms with van der Waals surface area (Å²) in [6, 6.07) is 4.78. The van der Waals surface area contributed by atoms with E-state index in [9.17, 15) is 0 Å². The second-order valence-corrected chi connectivity index (χ2v) is 4.57. The molecule has 0 aliphatic rings. The number of hydrogen-bond acceptors (Lipinski definition) is 3. The molecule has 2 N–H and O–H groups in total. The summed E-state index contributed by atoms with van der Waals surface area (Å²) in [7, 11) is 4.14. The quantitative estimate of drug-likeness (QED) is 0.800. The fourth-order valence-electron chi connectivity index (χ4n) is 1.35. The Hall–Kier alpha value is -0.380. The van der Waals surface area contributed by atoms with E-state index >= 15 is 0 Å². The summed E-state index contributed by atoms with van der Waals surface area (Å²) in [6.45, 7) is 2.87. The highest BCUT2D eigenvalue weighted by Crippen LogP contribution is 2.25. The van der Waals surface area contributed by atoms with Gasteiger partial charge in [0, 0.05) is 16.3 Å². The SMILES string of the molecule is CCc1ccc(C(CN)N(C)C)s1. The first-order valence-electron chi connectivity index (χ1n) is 4.64. The first kappa shape index (κ1) is 10.7. The van der Waals surface area contributed by atoms with Gasteiger partial charge in [0.2, 0.25) is 0 Å². The highest BCUT2D eigenvalue weighted by molar-refractivity contribution is 7.12. The Morgan fingerprint density at radius 2 is 2.15 bits per heavy atom. The number of hydrogen-bond donors (Lipinski definition) is 1. The van der Waals surface area contributed by atoms with Gasteiger partial charge in [0.15, 0.2) is 0 Å². The van der Waals surface area contributed by atoms with Gasteiger partial charge in [0.05, 0.1) is 6.04 Å². The molecule has 1 aromatic rings. The number of nitrogens with two attached hydrogens (primary N) is 1. The fraction of sp³-hybridized carbons (Fsp3) is 0.600. The molecule has 2 nitrogen and oxygen atoms in total. The number of nitrogens with zero attached hydrogens (tertiary/aromatic N) is 1. The van der Waals surface area contributed by atoms with Crippen LogP contribution in [0.2, 0.25) is 0 Å². The van der Waals surface area contributed by atoms with Gasteiger partial charge in [-0.15, -0.1) is 11.3 Å². The minimum absolute atomic E-state index is 0.380. The van der Waals surface area contributed by atoms with Crippen LogP contribution < -0.4 is 5.73 Å². The Labute approximate surface area is 84.4 Å². The molecule has 3 heteroatoms. The molecule has 0 aliphatic heterocycles. The van der Waals surface area contributed by atoms with E-state index in [0.29, 0.717) is 12.6 Å². The van der Waals surface area contributed by atoms with Crippen LogP contribution in [-0.4, -0.2) is 25.5 Å². The molecular formula is C10H18N2S. The van der Waals surface area contributed by atoms with Crippen LogP contribution in [0.1, 0.15) is 22.7 Å². The molecule has 1 unspecified atom stereocenters. The molecule has 0 aliphatic carbocycles. The van der Waals surface area contributed by atoms with E-state index in [2.05, 4.69) is 38.1 Å². The van der Waals surface area contributed by atoms with Gasteiger partial charge in [-0.3, -0.25) is 0 Å². The lowest BCUT2D eigenvalue weighted by molar-refractivity contribution is 0.310. The first-order chi connectivity index (χ1) is 6.19. The zero-order valence-corrected chi connectivity index (χ0v) is 9.40. The standard InChI is InChI=1S/C10H18N2S/c1-4-8-5-6-10(13-8)9(7-11)12(2)3/h5-6,9H,4,7,11H2,1-3H3. The monoisotopic (exact) mass is 198 g/mol. The summed E-state index contributed by atoms with van der Waals surface area (Å²) >= 11 is 1.87. The molecular weight excluding hydrogens is 180 g/mol. The van der Waals surface area contributed by atoms with E-state index in [-0.39, 0.29) is 0 Å². The molecule has 74 valence electrons. The zero-order valence-electron chi connectivity index (χ0n) is 8.58. The average molecular weight is 198 g/mol. The molecule has 0 spiro atoms. The number of likely N-dealkylation sites (N-methyl/N-ethyl adjacent to an activating group) is 1. The largest absolute Gasteiger partial charge is 0.329 e. The zero-order chi connectivity index (χ0) is 9.84. The Kier molecular flexibility index (Phi) is 3.90. The molecule has 0 amide bonds. The van der Waals surface area contributed by atoms with Gasteiger partial charge in [0.1, 0.15) is 0 Å². The normalized spacial score (nSPS) is 13.6. The minimum Gasteiger partial charge on any atom is -0.329 e. The minimum atomic E-state index is 0.380. The maximum Gasteiger partial charge on any atom is 0.0559 e. The Morgan fingerprint density at radius 1 is 1.46 bits per heavy atom. The van der Waals surface area contributed by atoms with Crippen molar-refractivity contribution in [1.29, 1.82) is 0 Å². The molecule has 1 rings (SSSR count). The van der Waals surface area contributed by atoms with E-state index in [1.54, 1.807) is 0 Å². The van der Waals surface area contributed by atoms with Gasteiger partial charge >= 0.3 is 0 Å². The predicted molar refractivity (Wildman–Crippen MR) is 59.2 cm³/mol. The highest BCUT2D eigenvalue weighted by Gasteiger charge is 2.13. The van der Waals surface area contributed by atoms with Gasteiger partial charge in [-0.25, -0.2) is 0 Å². The van der Waals surface area contributed by atoms with Crippen LogP contribution in [0.3, 0.4) is 0 Å². The molecule has 0 saturated carbocycles. The molecule has 0 saturated heterocycles. The molecule has 0 bridgehead atoms. The molecule has 0 fully saturated rings. The van der Waals surface area contributed by atoms with Gasteiger partial charge < -0.3 is 10.6 Å².